The Kier molecular flexibility index (Phi) is 5.18. The molecular weight excluding hydrogens is 246 g/mol. The van der Waals surface area contributed by atoms with E-state index in [1.807, 2.05) is 0 Å². The van der Waals surface area contributed by atoms with E-state index in [0.29, 0.717) is 18.2 Å². The van der Waals surface area contributed by atoms with Gasteiger partial charge in [0, 0.05) is 23.6 Å². The van der Waals surface area contributed by atoms with E-state index >= 15 is 0 Å². The molecule has 2 heterocycles. The van der Waals surface area contributed by atoms with E-state index in [4.69, 9.17) is 4.74 Å². The molecule has 0 saturated carbocycles. The van der Waals surface area contributed by atoms with Crippen LogP contribution in [0.2, 0.25) is 0 Å². The Morgan fingerprint density at radius 2 is 2.17 bits per heavy atom. The third-order valence-corrected chi connectivity index (χ3v) is 4.42. The molecule has 1 aliphatic heterocycles. The van der Waals surface area contributed by atoms with Crippen LogP contribution in [0.25, 0.3) is 0 Å². The van der Waals surface area contributed by atoms with E-state index in [-0.39, 0.29) is 12.6 Å². The van der Waals surface area contributed by atoms with Crippen molar-refractivity contribution in [3.8, 4) is 0 Å². The third-order valence-electron chi connectivity index (χ3n) is 3.44. The van der Waals surface area contributed by atoms with E-state index in [1.165, 1.54) is 4.88 Å². The average molecular weight is 269 g/mol. The van der Waals surface area contributed by atoms with Gasteiger partial charge in [-0.25, -0.2) is 0 Å². The summed E-state index contributed by atoms with van der Waals surface area (Å²) in [4.78, 5) is 1.32. The molecule has 2 N–H and O–H groups in total. The Bertz CT molecular complexity index is 332. The number of hydrogen-bond donors (Lipinski definition) is 2. The Morgan fingerprint density at radius 3 is 2.72 bits per heavy atom. The van der Waals surface area contributed by atoms with Gasteiger partial charge in [-0.05, 0) is 44.6 Å². The lowest BCUT2D eigenvalue weighted by molar-refractivity contribution is -0.0438. The number of aliphatic hydroxyl groups excluding tert-OH is 1. The maximum absolute atomic E-state index is 9.21. The Labute approximate surface area is 113 Å². The summed E-state index contributed by atoms with van der Waals surface area (Å²) in [5.41, 5.74) is 0. The molecule has 0 bridgehead atoms. The largest absolute Gasteiger partial charge is 0.396 e. The minimum Gasteiger partial charge on any atom is -0.396 e. The maximum atomic E-state index is 9.21. The quantitative estimate of drug-likeness (QED) is 0.863. The first-order chi connectivity index (χ1) is 8.69. The van der Waals surface area contributed by atoms with Gasteiger partial charge in [-0.3, -0.25) is 0 Å². The fourth-order valence-electron chi connectivity index (χ4n) is 2.75. The van der Waals surface area contributed by atoms with E-state index in [2.05, 4.69) is 36.7 Å². The number of hydrogen-bond acceptors (Lipinski definition) is 4. The SMILES string of the molecule is C[C@@H]1CC(N[C@H](CCO)c2cccs2)C[C@@H](C)O1. The second kappa shape index (κ2) is 6.66. The van der Waals surface area contributed by atoms with Crippen LogP contribution in [0.15, 0.2) is 17.5 Å². The Hall–Kier alpha value is -0.420. The highest BCUT2D eigenvalue weighted by Gasteiger charge is 2.26. The standard InChI is InChI=1S/C14H23NO2S/c1-10-8-12(9-11(2)17-10)15-13(5-6-16)14-4-3-7-18-14/h3-4,7,10-13,15-16H,5-6,8-9H2,1-2H3/t10-,11-,13-/m1/s1. The molecule has 0 spiro atoms. The number of nitrogens with one attached hydrogen (secondary N) is 1. The van der Waals surface area contributed by atoms with Crippen LogP contribution in [0.4, 0.5) is 0 Å². The zero-order valence-electron chi connectivity index (χ0n) is 11.1. The van der Waals surface area contributed by atoms with Crippen LogP contribution < -0.4 is 5.32 Å². The normalized spacial score (nSPS) is 30.3. The van der Waals surface area contributed by atoms with E-state index in [0.717, 1.165) is 19.3 Å². The van der Waals surface area contributed by atoms with E-state index in [1.54, 1.807) is 11.3 Å². The zero-order chi connectivity index (χ0) is 13.0. The molecule has 3 nitrogen and oxygen atoms in total. The lowest BCUT2D eigenvalue weighted by Gasteiger charge is -2.34. The van der Waals surface area contributed by atoms with Crippen LogP contribution in [0.3, 0.4) is 0 Å². The number of aliphatic hydroxyl groups is 1. The molecule has 1 saturated heterocycles. The smallest absolute Gasteiger partial charge is 0.0565 e. The minimum absolute atomic E-state index is 0.226. The van der Waals surface area contributed by atoms with E-state index < -0.39 is 0 Å². The highest BCUT2D eigenvalue weighted by Crippen LogP contribution is 2.26. The number of thiophene rings is 1. The Morgan fingerprint density at radius 1 is 1.44 bits per heavy atom. The van der Waals surface area contributed by atoms with E-state index in [9.17, 15) is 5.11 Å². The topological polar surface area (TPSA) is 41.5 Å². The average Bonchev–Trinajstić information content (AvgIpc) is 2.80. The van der Waals surface area contributed by atoms with Gasteiger partial charge in [-0.2, -0.15) is 0 Å². The van der Waals surface area contributed by atoms with Gasteiger partial charge in [0.05, 0.1) is 12.2 Å². The van der Waals surface area contributed by atoms with Gasteiger partial charge in [0.1, 0.15) is 0 Å². The maximum Gasteiger partial charge on any atom is 0.0565 e. The van der Waals surface area contributed by atoms with Crippen molar-refractivity contribution in [2.24, 2.45) is 0 Å². The molecule has 1 aliphatic rings. The van der Waals surface area contributed by atoms with Crippen molar-refractivity contribution in [1.29, 1.82) is 0 Å². The zero-order valence-corrected chi connectivity index (χ0v) is 12.0. The van der Waals surface area contributed by atoms with Crippen molar-refractivity contribution in [2.45, 2.75) is 57.4 Å². The first kappa shape index (κ1) is 14.0. The molecule has 102 valence electrons. The summed E-state index contributed by atoms with van der Waals surface area (Å²) in [5.74, 6) is 0. The van der Waals surface area contributed by atoms with Gasteiger partial charge in [0.15, 0.2) is 0 Å². The van der Waals surface area contributed by atoms with Crippen molar-refractivity contribution in [3.63, 3.8) is 0 Å². The molecule has 18 heavy (non-hydrogen) atoms. The highest BCUT2D eigenvalue weighted by molar-refractivity contribution is 7.10. The molecule has 0 unspecified atom stereocenters. The van der Waals surface area contributed by atoms with Crippen LogP contribution in [-0.4, -0.2) is 30.0 Å². The first-order valence-electron chi connectivity index (χ1n) is 6.74. The fraction of sp³-hybridized carbons (Fsp3) is 0.714. The van der Waals surface area contributed by atoms with Gasteiger partial charge in [-0.1, -0.05) is 6.07 Å². The number of rotatable bonds is 5. The molecule has 0 radical (unpaired) electrons. The molecule has 0 amide bonds. The number of ether oxygens (including phenoxy) is 1. The van der Waals surface area contributed by atoms with Gasteiger partial charge < -0.3 is 15.2 Å². The molecular formula is C14H23NO2S. The van der Waals surface area contributed by atoms with Crippen molar-refractivity contribution in [3.05, 3.63) is 22.4 Å². The van der Waals surface area contributed by atoms with Gasteiger partial charge in [-0.15, -0.1) is 11.3 Å². The molecule has 0 aliphatic carbocycles. The van der Waals surface area contributed by atoms with Crippen molar-refractivity contribution in [1.82, 2.24) is 5.32 Å². The van der Waals surface area contributed by atoms with Gasteiger partial charge in [0.25, 0.3) is 0 Å². The summed E-state index contributed by atoms with van der Waals surface area (Å²) in [5, 5.41) is 15.0. The van der Waals surface area contributed by atoms with Crippen LogP contribution in [-0.2, 0) is 4.74 Å². The summed E-state index contributed by atoms with van der Waals surface area (Å²) < 4.78 is 5.76. The molecule has 2 rings (SSSR count). The molecule has 1 aromatic rings. The van der Waals surface area contributed by atoms with Crippen LogP contribution in [0.5, 0.6) is 0 Å². The molecule has 1 aromatic heterocycles. The highest BCUT2D eigenvalue weighted by atomic mass is 32.1. The van der Waals surface area contributed by atoms with Crippen LogP contribution in [0, 0.1) is 0 Å². The molecule has 3 atom stereocenters. The molecule has 1 fully saturated rings. The van der Waals surface area contributed by atoms with Gasteiger partial charge >= 0.3 is 0 Å². The lowest BCUT2D eigenvalue weighted by Crippen LogP contribution is -2.42. The second-order valence-corrected chi connectivity index (χ2v) is 6.15. The predicted octanol–water partition coefficient (Wildman–Crippen LogP) is 2.72. The summed E-state index contributed by atoms with van der Waals surface area (Å²) >= 11 is 1.76. The van der Waals surface area contributed by atoms with Gasteiger partial charge in [0.2, 0.25) is 0 Å². The molecule has 0 aromatic carbocycles. The third kappa shape index (κ3) is 3.79. The summed E-state index contributed by atoms with van der Waals surface area (Å²) in [6, 6.07) is 4.98. The minimum atomic E-state index is 0.226. The lowest BCUT2D eigenvalue weighted by atomic mass is 9.98. The molecule has 4 heteroatoms. The fourth-order valence-corrected chi connectivity index (χ4v) is 3.57. The first-order valence-corrected chi connectivity index (χ1v) is 7.62. The van der Waals surface area contributed by atoms with Crippen LogP contribution >= 0.6 is 11.3 Å². The predicted molar refractivity (Wildman–Crippen MR) is 74.9 cm³/mol. The van der Waals surface area contributed by atoms with Crippen molar-refractivity contribution in [2.75, 3.05) is 6.61 Å². The summed E-state index contributed by atoms with van der Waals surface area (Å²) in [6.07, 6.45) is 3.53. The van der Waals surface area contributed by atoms with Crippen molar-refractivity contribution >= 4 is 11.3 Å². The Balaban J connectivity index is 1.96. The second-order valence-electron chi connectivity index (χ2n) is 5.17. The van der Waals surface area contributed by atoms with Crippen molar-refractivity contribution < 1.29 is 9.84 Å². The summed E-state index contributed by atoms with van der Waals surface area (Å²) in [6.45, 7) is 4.50. The van der Waals surface area contributed by atoms with Crippen LogP contribution in [0.1, 0.15) is 44.0 Å². The monoisotopic (exact) mass is 269 g/mol. The summed E-state index contributed by atoms with van der Waals surface area (Å²) in [7, 11) is 0.